The third-order valence-electron chi connectivity index (χ3n) is 2.91. The lowest BCUT2D eigenvalue weighted by atomic mass is 10.1. The lowest BCUT2D eigenvalue weighted by molar-refractivity contribution is 0.210. The molecule has 3 heteroatoms. The molecule has 0 spiro atoms. The zero-order valence-electron chi connectivity index (χ0n) is 10.1. The lowest BCUT2D eigenvalue weighted by Gasteiger charge is -2.26. The van der Waals surface area contributed by atoms with Gasteiger partial charge in [0.25, 0.3) is 0 Å². The average molecular weight is 258 g/mol. The Hall–Kier alpha value is -1.55. The smallest absolute Gasteiger partial charge is 0.302 e. The molecule has 0 fully saturated rings. The summed E-state index contributed by atoms with van der Waals surface area (Å²) in [6.45, 7) is 3.62. The molecule has 1 aliphatic heterocycles. The second kappa shape index (κ2) is 5.40. The van der Waals surface area contributed by atoms with E-state index in [0.29, 0.717) is 18.2 Å². The molecule has 0 radical (unpaired) electrons. The molecule has 1 unspecified atom stereocenters. The molecule has 2 rings (SSSR count). The third-order valence-corrected chi connectivity index (χ3v) is 4.89. The van der Waals surface area contributed by atoms with Gasteiger partial charge in [-0.3, -0.25) is 4.57 Å². The van der Waals surface area contributed by atoms with Gasteiger partial charge >= 0.3 is 7.37 Å². The first kappa shape index (κ1) is 12.9. The van der Waals surface area contributed by atoms with Gasteiger partial charge in [-0.15, -0.1) is 6.42 Å². The Labute approximate surface area is 108 Å². The minimum Gasteiger partial charge on any atom is -0.312 e. The van der Waals surface area contributed by atoms with Crippen LogP contribution in [-0.2, 0) is 15.5 Å². The van der Waals surface area contributed by atoms with Gasteiger partial charge < -0.3 is 4.52 Å². The molecule has 18 heavy (non-hydrogen) atoms. The zero-order chi connectivity index (χ0) is 13.0. The van der Waals surface area contributed by atoms with Gasteiger partial charge in [0, 0.05) is 5.31 Å². The molecule has 2 atom stereocenters. The maximum atomic E-state index is 12.4. The molecule has 1 aliphatic rings. The van der Waals surface area contributed by atoms with E-state index < -0.39 is 7.37 Å². The fourth-order valence-electron chi connectivity index (χ4n) is 1.99. The van der Waals surface area contributed by atoms with Gasteiger partial charge in [-0.1, -0.05) is 49.1 Å². The molecule has 2 nitrogen and oxygen atoms in total. The summed E-state index contributed by atoms with van der Waals surface area (Å²) in [6, 6.07) is 9.97. The average Bonchev–Trinajstić information content (AvgIpc) is 2.40. The molecule has 1 heterocycles. The molecular weight excluding hydrogens is 243 g/mol. The van der Waals surface area contributed by atoms with Crippen molar-refractivity contribution in [3.05, 3.63) is 59.9 Å². The quantitative estimate of drug-likeness (QED) is 0.606. The number of benzene rings is 1. The molecule has 1 aromatic rings. The summed E-state index contributed by atoms with van der Waals surface area (Å²) in [5.41, 5.74) is 3.45. The molecule has 0 N–H and O–H groups in total. The van der Waals surface area contributed by atoms with Crippen molar-refractivity contribution in [2.75, 3.05) is 0 Å². The number of rotatable bonds is 3. The maximum absolute atomic E-state index is 12.4. The summed E-state index contributed by atoms with van der Waals surface area (Å²) in [4.78, 5) is 0. The lowest BCUT2D eigenvalue weighted by Crippen LogP contribution is -2.17. The molecule has 1 aromatic carbocycles. The van der Waals surface area contributed by atoms with Gasteiger partial charge in [0.15, 0.2) is 0 Å². The highest BCUT2D eigenvalue weighted by molar-refractivity contribution is 7.68. The van der Waals surface area contributed by atoms with Crippen molar-refractivity contribution in [1.82, 2.24) is 0 Å². The van der Waals surface area contributed by atoms with Crippen LogP contribution in [0.5, 0.6) is 0 Å². The predicted molar refractivity (Wildman–Crippen MR) is 74.4 cm³/mol. The number of allylic oxidation sites excluding steroid dienone is 2. The summed E-state index contributed by atoms with van der Waals surface area (Å²) < 4.78 is 18.0. The summed E-state index contributed by atoms with van der Waals surface area (Å²) in [5, 5.41) is 0.550. The Morgan fingerprint density at radius 3 is 2.83 bits per heavy atom. The second-order valence-corrected chi connectivity index (χ2v) is 6.25. The van der Waals surface area contributed by atoms with E-state index in [1.165, 1.54) is 6.08 Å². The molecule has 0 aromatic heterocycles. The van der Waals surface area contributed by atoms with E-state index in [1.54, 1.807) is 0 Å². The van der Waals surface area contributed by atoms with Crippen molar-refractivity contribution in [2.45, 2.75) is 18.9 Å². The van der Waals surface area contributed by atoms with Crippen LogP contribution < -0.4 is 0 Å². The van der Waals surface area contributed by atoms with Crippen molar-refractivity contribution in [3.63, 3.8) is 0 Å². The number of hydrogen-bond acceptors (Lipinski definition) is 2. The highest BCUT2D eigenvalue weighted by Gasteiger charge is 2.32. The fourth-order valence-corrected chi connectivity index (χ4v) is 3.49. The first-order chi connectivity index (χ1) is 8.68. The van der Waals surface area contributed by atoms with E-state index in [1.807, 2.05) is 36.4 Å². The molecule has 0 aliphatic carbocycles. The van der Waals surface area contributed by atoms with Gasteiger partial charge in [0.1, 0.15) is 0 Å². The Morgan fingerprint density at radius 1 is 1.50 bits per heavy atom. The van der Waals surface area contributed by atoms with Crippen LogP contribution in [0.3, 0.4) is 0 Å². The summed E-state index contributed by atoms with van der Waals surface area (Å²) in [7, 11) is -3.13. The topological polar surface area (TPSA) is 26.3 Å². The molecule has 0 bridgehead atoms. The van der Waals surface area contributed by atoms with E-state index in [2.05, 4.69) is 12.2 Å². The predicted octanol–water partition coefficient (Wildman–Crippen LogP) is 3.96. The minimum absolute atomic E-state index is 0.127. The van der Waals surface area contributed by atoms with Crippen LogP contribution in [0.25, 0.3) is 0 Å². The van der Waals surface area contributed by atoms with Gasteiger partial charge in [-0.05, 0) is 24.1 Å². The second-order valence-electron chi connectivity index (χ2n) is 4.17. The zero-order valence-corrected chi connectivity index (χ0v) is 11.0. The molecule has 0 saturated heterocycles. The van der Waals surface area contributed by atoms with E-state index in [4.69, 9.17) is 10.9 Å². The van der Waals surface area contributed by atoms with Crippen LogP contribution in [0.2, 0.25) is 0 Å². The molecule has 0 amide bonds. The summed E-state index contributed by atoms with van der Waals surface area (Å²) in [6.07, 6.45) is 10.0. The number of terminal acetylenes is 1. The van der Waals surface area contributed by atoms with Crippen LogP contribution in [0.15, 0.2) is 54.4 Å². The Kier molecular flexibility index (Phi) is 3.87. The minimum atomic E-state index is -3.13. The third kappa shape index (κ3) is 2.64. The Bertz CT molecular complexity index is 552. The monoisotopic (exact) mass is 258 g/mol. The summed E-state index contributed by atoms with van der Waals surface area (Å²) in [5.74, 6) is 0. The van der Waals surface area contributed by atoms with Crippen LogP contribution in [-0.4, -0.2) is 6.10 Å². The Morgan fingerprint density at radius 2 is 2.22 bits per heavy atom. The van der Waals surface area contributed by atoms with Crippen LogP contribution in [0, 0.1) is 12.1 Å². The molecule has 92 valence electrons. The van der Waals surface area contributed by atoms with Crippen LogP contribution >= 0.6 is 7.37 Å². The van der Waals surface area contributed by atoms with Crippen molar-refractivity contribution < 1.29 is 9.09 Å². The normalized spacial score (nSPS) is 27.1. The highest BCUT2D eigenvalue weighted by atomic mass is 31.2. The van der Waals surface area contributed by atoms with Crippen molar-refractivity contribution in [3.8, 4) is 12.1 Å². The van der Waals surface area contributed by atoms with E-state index in [0.717, 1.165) is 5.56 Å². The van der Waals surface area contributed by atoms with Crippen LogP contribution in [0.1, 0.15) is 12.0 Å². The highest BCUT2D eigenvalue weighted by Crippen LogP contribution is 2.58. The van der Waals surface area contributed by atoms with E-state index >= 15 is 0 Å². The number of hydrogen-bond donors (Lipinski definition) is 0. The molecule has 0 saturated carbocycles. The van der Waals surface area contributed by atoms with Crippen molar-refractivity contribution in [2.24, 2.45) is 0 Å². The van der Waals surface area contributed by atoms with E-state index in [9.17, 15) is 4.57 Å². The first-order valence-corrected chi connectivity index (χ1v) is 7.44. The van der Waals surface area contributed by atoms with Gasteiger partial charge in [0.05, 0.1) is 6.10 Å². The van der Waals surface area contributed by atoms with Gasteiger partial charge in [0.2, 0.25) is 0 Å². The first-order valence-electron chi connectivity index (χ1n) is 5.81. The standard InChI is InChI=1S/C15H15O2P/c1-3-15-11-10-14(17-18(15,16)4-2)12-13-8-6-5-7-9-13/h2-3,5-9,11,14H,1,10,12H2/t14-,18?/m1/s1. The van der Waals surface area contributed by atoms with Gasteiger partial charge in [-0.25, -0.2) is 0 Å². The van der Waals surface area contributed by atoms with Crippen molar-refractivity contribution in [1.29, 1.82) is 0 Å². The summed E-state index contributed by atoms with van der Waals surface area (Å²) >= 11 is 0. The fraction of sp³-hybridized carbons (Fsp3) is 0.200. The largest absolute Gasteiger partial charge is 0.312 e. The van der Waals surface area contributed by atoms with Gasteiger partial charge in [-0.2, -0.15) is 0 Å². The SMILES string of the molecule is C#CP1(=O)O[C@@H](Cc2ccccc2)CC=C1C=C. The van der Waals surface area contributed by atoms with Crippen LogP contribution in [0.4, 0.5) is 0 Å². The van der Waals surface area contributed by atoms with E-state index in [-0.39, 0.29) is 6.10 Å². The van der Waals surface area contributed by atoms with Crippen molar-refractivity contribution >= 4 is 7.37 Å². The molecular formula is C15H15O2P. The Balaban J connectivity index is 2.16. The maximum Gasteiger partial charge on any atom is 0.302 e.